The number of nitrogens with zero attached hydrogens (tertiary/aromatic N) is 1. The highest BCUT2D eigenvalue weighted by molar-refractivity contribution is 8.01. The molecule has 174 valence electrons. The topological polar surface area (TPSA) is 98.8 Å². The summed E-state index contributed by atoms with van der Waals surface area (Å²) in [5, 5.41) is 14.3. The van der Waals surface area contributed by atoms with E-state index in [1.807, 2.05) is 24.3 Å². The zero-order valence-corrected chi connectivity index (χ0v) is 19.7. The zero-order valence-electron chi connectivity index (χ0n) is 18.9. The Bertz CT molecular complexity index is 911. The summed E-state index contributed by atoms with van der Waals surface area (Å²) in [4.78, 5) is 39.6. The lowest BCUT2D eigenvalue weighted by atomic mass is 9.77. The number of carboxylic acid groups (broad SMARTS) is 1. The second-order valence-electron chi connectivity index (χ2n) is 9.52. The van der Waals surface area contributed by atoms with Crippen LogP contribution in [0.25, 0.3) is 0 Å². The van der Waals surface area contributed by atoms with Crippen LogP contribution in [0.15, 0.2) is 24.3 Å². The predicted molar refractivity (Wildman–Crippen MR) is 120 cm³/mol. The number of nitrogens with one attached hydrogen (secondary N) is 1. The highest BCUT2D eigenvalue weighted by Crippen LogP contribution is 2.51. The first-order valence-corrected chi connectivity index (χ1v) is 12.3. The van der Waals surface area contributed by atoms with Crippen LogP contribution in [0.5, 0.6) is 5.75 Å². The Kier molecular flexibility index (Phi) is 6.18. The van der Waals surface area contributed by atoms with Gasteiger partial charge in [-0.15, -0.1) is 11.8 Å². The third-order valence-corrected chi connectivity index (χ3v) is 8.57. The Morgan fingerprint density at radius 3 is 2.59 bits per heavy atom. The number of amides is 2. The molecule has 2 heterocycles. The molecule has 1 N–H and O–H groups in total. The van der Waals surface area contributed by atoms with Gasteiger partial charge in [0.05, 0.1) is 24.0 Å². The molecule has 0 spiro atoms. The largest absolute Gasteiger partial charge is 0.548 e. The van der Waals surface area contributed by atoms with Gasteiger partial charge >= 0.3 is 0 Å². The molecule has 32 heavy (non-hydrogen) atoms. The SMILES string of the molecule is CCCCOc1ccccc1C1(C(=O)N[C@H]2C(=O)N3[C@@H]2SC(C)(C)[C@@H]3C(=O)[O-])CCCC1. The number of rotatable bonds is 8. The Morgan fingerprint density at radius 2 is 1.94 bits per heavy atom. The van der Waals surface area contributed by atoms with Gasteiger partial charge in [-0.1, -0.05) is 44.4 Å². The quantitative estimate of drug-likeness (QED) is 0.471. The Morgan fingerprint density at radius 1 is 1.25 bits per heavy atom. The lowest BCUT2D eigenvalue weighted by molar-refractivity contribution is -0.312. The van der Waals surface area contributed by atoms with Crippen LogP contribution < -0.4 is 15.2 Å². The molecular weight excluding hydrogens is 428 g/mol. The standard InChI is InChI=1S/C24H32N2O5S/c1-4-5-14-31-16-11-7-6-10-15(16)24(12-8-9-13-24)22(30)25-17-19(27)26-18(21(28)29)23(2,3)32-20(17)26/h6-7,10-11,17-18,20H,4-5,8-9,12-14H2,1-3H3,(H,25,30)(H,28,29)/p-1/t17-,18-,20+/m0/s1. The molecule has 4 rings (SSSR count). The highest BCUT2D eigenvalue weighted by atomic mass is 32.2. The van der Waals surface area contributed by atoms with Gasteiger partial charge < -0.3 is 24.9 Å². The second kappa shape index (κ2) is 8.61. The molecule has 1 aliphatic carbocycles. The third kappa shape index (κ3) is 3.66. The average Bonchev–Trinajstić information content (AvgIpc) is 3.34. The molecule has 0 unspecified atom stereocenters. The summed E-state index contributed by atoms with van der Waals surface area (Å²) < 4.78 is 5.36. The summed E-state index contributed by atoms with van der Waals surface area (Å²) in [5.74, 6) is -1.05. The first kappa shape index (κ1) is 23.0. The van der Waals surface area contributed by atoms with Crippen LogP contribution >= 0.6 is 11.8 Å². The minimum atomic E-state index is -1.26. The summed E-state index contributed by atoms with van der Waals surface area (Å²) >= 11 is 1.41. The van der Waals surface area contributed by atoms with Crippen LogP contribution in [0.3, 0.4) is 0 Å². The van der Waals surface area contributed by atoms with Crippen LogP contribution in [-0.4, -0.2) is 51.5 Å². The van der Waals surface area contributed by atoms with E-state index in [-0.39, 0.29) is 17.2 Å². The summed E-state index contributed by atoms with van der Waals surface area (Å²) in [7, 11) is 0. The van der Waals surface area contributed by atoms with Crippen molar-refractivity contribution in [2.75, 3.05) is 6.61 Å². The van der Waals surface area contributed by atoms with E-state index < -0.39 is 28.2 Å². The van der Waals surface area contributed by atoms with Crippen molar-refractivity contribution in [2.45, 2.75) is 86.9 Å². The monoisotopic (exact) mass is 459 g/mol. The van der Waals surface area contributed by atoms with Crippen molar-refractivity contribution < 1.29 is 24.2 Å². The minimum Gasteiger partial charge on any atom is -0.548 e. The fourth-order valence-electron chi connectivity index (χ4n) is 5.32. The fourth-order valence-corrected chi connectivity index (χ4v) is 6.94. The number of hydrogen-bond acceptors (Lipinski definition) is 6. The predicted octanol–water partition coefficient (Wildman–Crippen LogP) is 1.97. The maximum absolute atomic E-state index is 13.7. The van der Waals surface area contributed by atoms with E-state index in [1.54, 1.807) is 13.8 Å². The molecule has 2 saturated heterocycles. The van der Waals surface area contributed by atoms with Crippen molar-refractivity contribution in [1.82, 2.24) is 10.2 Å². The minimum absolute atomic E-state index is 0.171. The van der Waals surface area contributed by atoms with Gasteiger partial charge in [0.15, 0.2) is 0 Å². The average molecular weight is 460 g/mol. The number of carbonyl (C=O) groups excluding carboxylic acids is 3. The zero-order chi connectivity index (χ0) is 23.1. The van der Waals surface area contributed by atoms with Gasteiger partial charge in [0.1, 0.15) is 17.2 Å². The summed E-state index contributed by atoms with van der Waals surface area (Å²) in [6.45, 7) is 6.29. The number of aliphatic carboxylic acids is 1. The molecule has 3 atom stereocenters. The number of unbranched alkanes of at least 4 members (excludes halogenated alkanes) is 1. The molecule has 8 heteroatoms. The number of benzene rings is 1. The van der Waals surface area contributed by atoms with Crippen LogP contribution in [-0.2, 0) is 19.8 Å². The first-order chi connectivity index (χ1) is 15.2. The summed E-state index contributed by atoms with van der Waals surface area (Å²) in [6, 6.07) is 5.99. The van der Waals surface area contributed by atoms with Crippen molar-refractivity contribution >= 4 is 29.5 Å². The van der Waals surface area contributed by atoms with Crippen molar-refractivity contribution in [3.63, 3.8) is 0 Å². The molecule has 1 aromatic carbocycles. The molecule has 3 aliphatic rings. The number of ether oxygens (including phenoxy) is 1. The van der Waals surface area contributed by atoms with E-state index in [4.69, 9.17) is 4.74 Å². The van der Waals surface area contributed by atoms with Crippen molar-refractivity contribution in [1.29, 1.82) is 0 Å². The normalized spacial score (nSPS) is 27.5. The van der Waals surface area contributed by atoms with Gasteiger partial charge in [0.25, 0.3) is 0 Å². The van der Waals surface area contributed by atoms with Crippen molar-refractivity contribution in [3.05, 3.63) is 29.8 Å². The van der Waals surface area contributed by atoms with Gasteiger partial charge in [-0.3, -0.25) is 9.59 Å². The maximum Gasteiger partial charge on any atom is 0.249 e. The van der Waals surface area contributed by atoms with E-state index in [2.05, 4.69) is 12.2 Å². The molecular formula is C24H31N2O5S-. The number of fused-ring (bicyclic) bond motifs is 1. The van der Waals surface area contributed by atoms with Gasteiger partial charge in [-0.2, -0.15) is 0 Å². The lowest BCUT2D eigenvalue weighted by Crippen LogP contribution is -2.72. The van der Waals surface area contributed by atoms with E-state index in [9.17, 15) is 19.5 Å². The maximum atomic E-state index is 13.7. The molecule has 0 aromatic heterocycles. The summed E-state index contributed by atoms with van der Waals surface area (Å²) in [6.07, 6.45) is 5.22. The molecule has 0 radical (unpaired) electrons. The Balaban J connectivity index is 1.56. The van der Waals surface area contributed by atoms with Gasteiger partial charge in [0.2, 0.25) is 11.8 Å². The number of carboxylic acids is 1. The Labute approximate surface area is 193 Å². The van der Waals surface area contributed by atoms with Crippen LogP contribution in [0, 0.1) is 0 Å². The van der Waals surface area contributed by atoms with E-state index >= 15 is 0 Å². The fraction of sp³-hybridized carbons (Fsp3) is 0.625. The van der Waals surface area contributed by atoms with Crippen LogP contribution in [0.1, 0.15) is 64.9 Å². The lowest BCUT2D eigenvalue weighted by Gasteiger charge is -2.46. The van der Waals surface area contributed by atoms with E-state index in [1.165, 1.54) is 16.7 Å². The van der Waals surface area contributed by atoms with Crippen LogP contribution in [0.4, 0.5) is 0 Å². The number of carbonyl (C=O) groups is 3. The molecule has 3 fully saturated rings. The molecule has 1 aromatic rings. The first-order valence-electron chi connectivity index (χ1n) is 11.5. The molecule has 7 nitrogen and oxygen atoms in total. The summed E-state index contributed by atoms with van der Waals surface area (Å²) in [5.41, 5.74) is 0.137. The van der Waals surface area contributed by atoms with Crippen molar-refractivity contribution in [2.24, 2.45) is 0 Å². The molecule has 2 aliphatic heterocycles. The molecule has 1 saturated carbocycles. The molecule has 2 amide bonds. The van der Waals surface area contributed by atoms with Crippen molar-refractivity contribution in [3.8, 4) is 5.75 Å². The third-order valence-electron chi connectivity index (χ3n) is 7.00. The van der Waals surface area contributed by atoms with Crippen LogP contribution in [0.2, 0.25) is 0 Å². The Hall–Kier alpha value is -2.22. The second-order valence-corrected chi connectivity index (χ2v) is 11.3. The van der Waals surface area contributed by atoms with Gasteiger partial charge in [0, 0.05) is 10.3 Å². The number of β-lactam (4-membered cyclic amide) rings is 1. The smallest absolute Gasteiger partial charge is 0.249 e. The number of hydrogen-bond donors (Lipinski definition) is 1. The van der Waals surface area contributed by atoms with E-state index in [0.717, 1.165) is 37.0 Å². The van der Waals surface area contributed by atoms with E-state index in [0.29, 0.717) is 19.4 Å². The number of thioether (sulfide) groups is 1. The van der Waals surface area contributed by atoms with Gasteiger partial charge in [-0.25, -0.2) is 0 Å². The highest BCUT2D eigenvalue weighted by Gasteiger charge is 2.63. The molecule has 0 bridgehead atoms. The van der Waals surface area contributed by atoms with Gasteiger partial charge in [-0.05, 0) is 39.2 Å². The number of para-hydroxylation sites is 1.